The number of hydrogen-bond donors (Lipinski definition) is 1. The summed E-state index contributed by atoms with van der Waals surface area (Å²) in [6.45, 7) is 2.80. The van der Waals surface area contributed by atoms with E-state index < -0.39 is 0 Å². The van der Waals surface area contributed by atoms with Gasteiger partial charge in [-0.3, -0.25) is 9.67 Å². The van der Waals surface area contributed by atoms with Gasteiger partial charge in [0.1, 0.15) is 4.64 Å². The highest BCUT2D eigenvalue weighted by molar-refractivity contribution is 7.71. The number of aromatic amines is 1. The highest BCUT2D eigenvalue weighted by Crippen LogP contribution is 2.15. The number of para-hydroxylation sites is 1. The molecule has 3 aromatic rings. The fraction of sp³-hybridized carbons (Fsp3) is 0.182. The second-order valence-corrected chi connectivity index (χ2v) is 4.50. The Morgan fingerprint density at radius 1 is 1.29 bits per heavy atom. The molecule has 4 nitrogen and oxygen atoms in total. The van der Waals surface area contributed by atoms with Crippen molar-refractivity contribution in [2.45, 2.75) is 13.5 Å². The maximum Gasteiger partial charge on any atom is 0.233 e. The first kappa shape index (κ1) is 10.6. The highest BCUT2D eigenvalue weighted by atomic mass is 32.1. The van der Waals surface area contributed by atoms with Crippen LogP contribution < -0.4 is 0 Å². The van der Waals surface area contributed by atoms with E-state index in [0.717, 1.165) is 23.2 Å². The molecule has 0 aliphatic heterocycles. The van der Waals surface area contributed by atoms with Crippen LogP contribution in [0.3, 0.4) is 0 Å². The van der Waals surface area contributed by atoms with Crippen molar-refractivity contribution in [2.75, 3.05) is 0 Å². The molecule has 3 rings (SSSR count). The molecule has 2 heterocycles. The Labute approximate surface area is 108 Å². The number of aromatic nitrogens is 4. The van der Waals surface area contributed by atoms with Gasteiger partial charge in [0.15, 0.2) is 4.77 Å². The number of hydrogen-bond acceptors (Lipinski definition) is 3. The molecule has 0 fully saturated rings. The van der Waals surface area contributed by atoms with Crippen molar-refractivity contribution in [3.05, 3.63) is 33.7 Å². The fourth-order valence-electron chi connectivity index (χ4n) is 1.93. The van der Waals surface area contributed by atoms with Crippen molar-refractivity contribution in [2.24, 2.45) is 0 Å². The predicted octanol–water partition coefficient (Wildman–Crippen LogP) is 3.10. The van der Waals surface area contributed by atoms with Crippen molar-refractivity contribution in [1.82, 2.24) is 19.2 Å². The van der Waals surface area contributed by atoms with Gasteiger partial charge in [-0.1, -0.05) is 24.4 Å². The molecule has 0 atom stereocenters. The Balaban J connectivity index is 2.64. The van der Waals surface area contributed by atoms with Gasteiger partial charge < -0.3 is 0 Å². The third-order valence-corrected chi connectivity index (χ3v) is 3.48. The Morgan fingerprint density at radius 2 is 2.06 bits per heavy atom. The molecular weight excluding hydrogens is 252 g/mol. The van der Waals surface area contributed by atoms with Crippen LogP contribution in [0.4, 0.5) is 0 Å². The van der Waals surface area contributed by atoms with Crippen molar-refractivity contribution in [3.63, 3.8) is 0 Å². The lowest BCUT2D eigenvalue weighted by molar-refractivity contribution is 0.766. The molecule has 0 saturated heterocycles. The highest BCUT2D eigenvalue weighted by Gasteiger charge is 2.07. The van der Waals surface area contributed by atoms with Crippen LogP contribution >= 0.6 is 24.4 Å². The van der Waals surface area contributed by atoms with Gasteiger partial charge in [-0.15, -0.1) is 0 Å². The summed E-state index contributed by atoms with van der Waals surface area (Å²) >= 11 is 10.7. The zero-order chi connectivity index (χ0) is 12.0. The van der Waals surface area contributed by atoms with Crippen LogP contribution in [0.1, 0.15) is 6.92 Å². The summed E-state index contributed by atoms with van der Waals surface area (Å²) in [5.41, 5.74) is 0.897. The maximum absolute atomic E-state index is 5.45. The van der Waals surface area contributed by atoms with E-state index in [1.165, 1.54) is 0 Å². The van der Waals surface area contributed by atoms with Gasteiger partial charge in [0.05, 0.1) is 5.52 Å². The Hall–Kier alpha value is -1.53. The molecule has 0 saturated carbocycles. The third-order valence-electron chi connectivity index (χ3n) is 2.77. The Bertz CT molecular complexity index is 825. The lowest BCUT2D eigenvalue weighted by atomic mass is 10.2. The van der Waals surface area contributed by atoms with Crippen LogP contribution in [0.2, 0.25) is 0 Å². The van der Waals surface area contributed by atoms with Crippen LogP contribution in [-0.4, -0.2) is 19.2 Å². The standard InChI is InChI=1S/C11H10N4S2/c1-2-14-10-12-8-6-4-3-5-7(8)9(16)15(10)13-11(14)17/h3-6H,2H2,1H3,(H,13,17). The molecular formula is C11H10N4S2. The number of nitrogens with zero attached hydrogens (tertiary/aromatic N) is 3. The van der Waals surface area contributed by atoms with E-state index in [4.69, 9.17) is 24.4 Å². The number of H-pyrrole nitrogens is 1. The summed E-state index contributed by atoms with van der Waals surface area (Å²) in [5, 5.41) is 4.02. The minimum atomic E-state index is 0.640. The minimum absolute atomic E-state index is 0.640. The molecule has 0 amide bonds. The van der Waals surface area contributed by atoms with Crippen molar-refractivity contribution < 1.29 is 0 Å². The van der Waals surface area contributed by atoms with Crippen molar-refractivity contribution >= 4 is 41.1 Å². The quantitative estimate of drug-likeness (QED) is 0.685. The molecule has 0 radical (unpaired) electrons. The summed E-state index contributed by atoms with van der Waals surface area (Å²) in [6, 6.07) is 7.84. The lowest BCUT2D eigenvalue weighted by Gasteiger charge is -2.01. The molecule has 17 heavy (non-hydrogen) atoms. The number of nitrogens with one attached hydrogen (secondary N) is 1. The van der Waals surface area contributed by atoms with E-state index in [1.54, 1.807) is 4.52 Å². The number of rotatable bonds is 1. The molecule has 1 aromatic carbocycles. The van der Waals surface area contributed by atoms with Crippen molar-refractivity contribution in [3.8, 4) is 0 Å². The first-order valence-corrected chi connectivity index (χ1v) is 6.14. The van der Waals surface area contributed by atoms with Gasteiger partial charge in [0.25, 0.3) is 0 Å². The van der Waals surface area contributed by atoms with Gasteiger partial charge in [-0.25, -0.2) is 9.50 Å². The van der Waals surface area contributed by atoms with E-state index in [2.05, 4.69) is 10.1 Å². The van der Waals surface area contributed by atoms with Crippen molar-refractivity contribution in [1.29, 1.82) is 0 Å². The first-order valence-electron chi connectivity index (χ1n) is 5.32. The minimum Gasteiger partial charge on any atom is -0.286 e. The van der Waals surface area contributed by atoms with E-state index >= 15 is 0 Å². The van der Waals surface area contributed by atoms with Gasteiger partial charge in [0, 0.05) is 11.9 Å². The lowest BCUT2D eigenvalue weighted by Crippen LogP contribution is -1.99. The summed E-state index contributed by atoms with van der Waals surface area (Å²) in [4.78, 5) is 4.59. The SMILES string of the molecule is CCn1c(=S)[nH]n2c(=S)c3ccccc3nc12. The Morgan fingerprint density at radius 3 is 2.82 bits per heavy atom. The van der Waals surface area contributed by atoms with E-state index in [1.807, 2.05) is 35.8 Å². The predicted molar refractivity (Wildman–Crippen MR) is 72.4 cm³/mol. The average Bonchev–Trinajstić information content (AvgIpc) is 2.66. The van der Waals surface area contributed by atoms with E-state index in [0.29, 0.717) is 9.41 Å². The molecule has 86 valence electrons. The second kappa shape index (κ2) is 3.75. The summed E-state index contributed by atoms with van der Waals surface area (Å²) in [5.74, 6) is 0.765. The van der Waals surface area contributed by atoms with Gasteiger partial charge in [0.2, 0.25) is 5.78 Å². The zero-order valence-electron chi connectivity index (χ0n) is 9.17. The molecule has 0 aliphatic rings. The van der Waals surface area contributed by atoms with Gasteiger partial charge in [-0.05, 0) is 31.3 Å². The summed E-state index contributed by atoms with van der Waals surface area (Å²) in [6.07, 6.45) is 0. The van der Waals surface area contributed by atoms with Gasteiger partial charge in [-0.2, -0.15) is 0 Å². The number of aryl methyl sites for hydroxylation is 1. The van der Waals surface area contributed by atoms with Crippen LogP contribution in [0.15, 0.2) is 24.3 Å². The first-order chi connectivity index (χ1) is 8.22. The van der Waals surface area contributed by atoms with Crippen LogP contribution in [-0.2, 0) is 6.54 Å². The second-order valence-electron chi connectivity index (χ2n) is 3.73. The molecule has 2 aromatic heterocycles. The number of fused-ring (bicyclic) bond motifs is 2. The molecule has 6 heteroatoms. The monoisotopic (exact) mass is 262 g/mol. The third kappa shape index (κ3) is 1.44. The molecule has 0 unspecified atom stereocenters. The van der Waals surface area contributed by atoms with Crippen LogP contribution in [0, 0.1) is 9.41 Å². The fourth-order valence-corrected chi connectivity index (χ4v) is 2.54. The largest absolute Gasteiger partial charge is 0.286 e. The van der Waals surface area contributed by atoms with Crippen LogP contribution in [0.5, 0.6) is 0 Å². The Kier molecular flexibility index (Phi) is 2.34. The van der Waals surface area contributed by atoms with Gasteiger partial charge >= 0.3 is 0 Å². The van der Waals surface area contributed by atoms with E-state index in [-0.39, 0.29) is 0 Å². The average molecular weight is 262 g/mol. The van der Waals surface area contributed by atoms with Crippen LogP contribution in [0.25, 0.3) is 16.7 Å². The normalized spacial score (nSPS) is 11.4. The zero-order valence-corrected chi connectivity index (χ0v) is 10.8. The smallest absolute Gasteiger partial charge is 0.233 e. The summed E-state index contributed by atoms with van der Waals surface area (Å²) in [7, 11) is 0. The molecule has 0 spiro atoms. The molecule has 0 aliphatic carbocycles. The molecule has 1 N–H and O–H groups in total. The number of benzene rings is 1. The maximum atomic E-state index is 5.45. The van der Waals surface area contributed by atoms with E-state index in [9.17, 15) is 0 Å². The summed E-state index contributed by atoms with van der Waals surface area (Å²) < 4.78 is 5.05. The topological polar surface area (TPSA) is 38.0 Å². The molecule has 0 bridgehead atoms.